The molecule has 1 heterocycles. The number of halogens is 1. The van der Waals surface area contributed by atoms with Crippen LogP contribution in [0.1, 0.15) is 16.8 Å². The largest absolute Gasteiger partial charge is 0.398 e. The summed E-state index contributed by atoms with van der Waals surface area (Å²) in [5.74, 6) is -1.21. The van der Waals surface area contributed by atoms with Gasteiger partial charge in [0.25, 0.3) is 5.91 Å². The molecule has 1 aromatic carbocycles. The molecule has 0 unspecified atom stereocenters. The first-order valence-electron chi connectivity index (χ1n) is 6.04. The molecule has 0 saturated carbocycles. The fourth-order valence-electron chi connectivity index (χ4n) is 1.75. The van der Waals surface area contributed by atoms with Crippen molar-refractivity contribution in [3.8, 4) is 0 Å². The van der Waals surface area contributed by atoms with E-state index in [2.05, 4.69) is 15.6 Å². The highest BCUT2D eigenvalue weighted by atomic mass is 19.1. The summed E-state index contributed by atoms with van der Waals surface area (Å²) >= 11 is 0. The Morgan fingerprint density at radius 3 is 2.90 bits per heavy atom. The molecule has 20 heavy (non-hydrogen) atoms. The summed E-state index contributed by atoms with van der Waals surface area (Å²) in [6, 6.07) is 2.41. The highest BCUT2D eigenvalue weighted by Crippen LogP contribution is 2.21. The van der Waals surface area contributed by atoms with Gasteiger partial charge in [-0.3, -0.25) is 9.48 Å². The Labute approximate surface area is 114 Å². The van der Waals surface area contributed by atoms with Crippen LogP contribution in [0.2, 0.25) is 0 Å². The zero-order valence-electron chi connectivity index (χ0n) is 10.7. The minimum absolute atomic E-state index is 0.0307. The standard InChI is InChI=1S/C12H15FN6O/c13-9-7-10(14)8(12(15)20)6-11(9)16-2-1-4-19-5-3-17-18-19/h3,5-7,16H,1-2,4,14H2,(H2,15,20). The smallest absolute Gasteiger partial charge is 0.250 e. The van der Waals surface area contributed by atoms with E-state index in [1.165, 1.54) is 6.07 Å². The average molecular weight is 278 g/mol. The molecule has 0 atom stereocenters. The lowest BCUT2D eigenvalue weighted by Crippen LogP contribution is -2.15. The first-order valence-corrected chi connectivity index (χ1v) is 6.04. The summed E-state index contributed by atoms with van der Waals surface area (Å²) in [7, 11) is 0. The fourth-order valence-corrected chi connectivity index (χ4v) is 1.75. The van der Waals surface area contributed by atoms with E-state index >= 15 is 0 Å². The van der Waals surface area contributed by atoms with Crippen LogP contribution >= 0.6 is 0 Å². The lowest BCUT2D eigenvalue weighted by molar-refractivity contribution is 0.100. The summed E-state index contributed by atoms with van der Waals surface area (Å²) in [5.41, 5.74) is 11.0. The Morgan fingerprint density at radius 1 is 1.45 bits per heavy atom. The van der Waals surface area contributed by atoms with E-state index in [4.69, 9.17) is 11.5 Å². The van der Waals surface area contributed by atoms with Crippen LogP contribution in [0.15, 0.2) is 24.5 Å². The van der Waals surface area contributed by atoms with Gasteiger partial charge in [0, 0.05) is 25.0 Å². The number of amides is 1. The van der Waals surface area contributed by atoms with Crippen molar-refractivity contribution in [1.29, 1.82) is 0 Å². The van der Waals surface area contributed by atoms with Crippen molar-refractivity contribution in [2.75, 3.05) is 17.6 Å². The molecule has 0 radical (unpaired) electrons. The van der Waals surface area contributed by atoms with E-state index in [0.29, 0.717) is 13.1 Å². The van der Waals surface area contributed by atoms with Crippen molar-refractivity contribution in [2.45, 2.75) is 13.0 Å². The predicted molar refractivity (Wildman–Crippen MR) is 72.5 cm³/mol. The third-order valence-electron chi connectivity index (χ3n) is 2.76. The average Bonchev–Trinajstić information content (AvgIpc) is 2.89. The maximum absolute atomic E-state index is 13.7. The number of anilines is 2. The number of hydrogen-bond acceptors (Lipinski definition) is 5. The van der Waals surface area contributed by atoms with E-state index in [-0.39, 0.29) is 16.9 Å². The topological polar surface area (TPSA) is 112 Å². The van der Waals surface area contributed by atoms with Gasteiger partial charge in [-0.2, -0.15) is 0 Å². The van der Waals surface area contributed by atoms with Gasteiger partial charge in [0.15, 0.2) is 0 Å². The maximum atomic E-state index is 13.7. The number of carbonyl (C=O) groups excluding carboxylic acids is 1. The highest BCUT2D eigenvalue weighted by molar-refractivity contribution is 5.99. The van der Waals surface area contributed by atoms with Crippen LogP contribution in [0, 0.1) is 5.82 Å². The van der Waals surface area contributed by atoms with Crippen molar-refractivity contribution in [2.24, 2.45) is 5.73 Å². The van der Waals surface area contributed by atoms with E-state index < -0.39 is 11.7 Å². The van der Waals surface area contributed by atoms with Crippen molar-refractivity contribution in [3.05, 3.63) is 35.9 Å². The molecule has 0 aliphatic carbocycles. The third kappa shape index (κ3) is 3.22. The normalized spacial score (nSPS) is 10.4. The van der Waals surface area contributed by atoms with Crippen molar-refractivity contribution < 1.29 is 9.18 Å². The Morgan fingerprint density at radius 2 is 2.25 bits per heavy atom. The first kappa shape index (κ1) is 13.8. The molecule has 0 spiro atoms. The molecule has 1 amide bonds. The lowest BCUT2D eigenvalue weighted by Gasteiger charge is -2.10. The molecule has 0 aliphatic heterocycles. The van der Waals surface area contributed by atoms with Crippen molar-refractivity contribution in [3.63, 3.8) is 0 Å². The van der Waals surface area contributed by atoms with Gasteiger partial charge in [-0.15, -0.1) is 5.10 Å². The Hall–Kier alpha value is -2.64. The van der Waals surface area contributed by atoms with Gasteiger partial charge < -0.3 is 16.8 Å². The van der Waals surface area contributed by atoms with Gasteiger partial charge >= 0.3 is 0 Å². The molecular weight excluding hydrogens is 263 g/mol. The van der Waals surface area contributed by atoms with E-state index in [1.807, 2.05) is 0 Å². The van der Waals surface area contributed by atoms with Gasteiger partial charge in [-0.1, -0.05) is 5.21 Å². The lowest BCUT2D eigenvalue weighted by atomic mass is 10.1. The fraction of sp³-hybridized carbons (Fsp3) is 0.250. The molecule has 0 saturated heterocycles. The molecule has 2 aromatic rings. The predicted octanol–water partition coefficient (Wildman–Crippen LogP) is 0.600. The van der Waals surface area contributed by atoms with Crippen LogP contribution in [0.4, 0.5) is 15.8 Å². The molecule has 1 aromatic heterocycles. The molecule has 8 heteroatoms. The number of nitrogens with zero attached hydrogens (tertiary/aromatic N) is 3. The van der Waals surface area contributed by atoms with Crippen LogP contribution in [0.25, 0.3) is 0 Å². The number of aryl methyl sites for hydroxylation is 1. The van der Waals surface area contributed by atoms with Gasteiger partial charge in [-0.05, 0) is 18.6 Å². The van der Waals surface area contributed by atoms with Crippen LogP contribution < -0.4 is 16.8 Å². The molecule has 0 aliphatic rings. The number of rotatable bonds is 6. The number of nitrogens with one attached hydrogen (secondary N) is 1. The van der Waals surface area contributed by atoms with Crippen LogP contribution in [0.5, 0.6) is 0 Å². The number of hydrogen-bond donors (Lipinski definition) is 3. The minimum Gasteiger partial charge on any atom is -0.398 e. The second kappa shape index (κ2) is 6.00. The number of benzene rings is 1. The molecule has 106 valence electrons. The van der Waals surface area contributed by atoms with E-state index in [9.17, 15) is 9.18 Å². The SMILES string of the molecule is NC(=O)c1cc(NCCCn2ccnn2)c(F)cc1N. The molecule has 0 bridgehead atoms. The summed E-state index contributed by atoms with van der Waals surface area (Å²) in [5, 5.41) is 10.4. The molecule has 7 nitrogen and oxygen atoms in total. The van der Waals surface area contributed by atoms with E-state index in [1.54, 1.807) is 17.1 Å². The number of aromatic nitrogens is 3. The first-order chi connectivity index (χ1) is 9.58. The summed E-state index contributed by atoms with van der Waals surface area (Å²) in [4.78, 5) is 11.1. The van der Waals surface area contributed by atoms with E-state index in [0.717, 1.165) is 12.5 Å². The summed E-state index contributed by atoms with van der Waals surface area (Å²) in [6.45, 7) is 1.17. The van der Waals surface area contributed by atoms with Crippen LogP contribution in [-0.4, -0.2) is 27.4 Å². The van der Waals surface area contributed by atoms with Gasteiger partial charge in [0.1, 0.15) is 5.82 Å². The minimum atomic E-state index is -0.687. The Balaban J connectivity index is 1.95. The monoisotopic (exact) mass is 278 g/mol. The number of nitrogens with two attached hydrogens (primary N) is 2. The molecule has 2 rings (SSSR count). The molecule has 5 N–H and O–H groups in total. The zero-order chi connectivity index (χ0) is 14.5. The second-order valence-corrected chi connectivity index (χ2v) is 4.23. The number of carbonyl (C=O) groups is 1. The quantitative estimate of drug-likeness (QED) is 0.529. The highest BCUT2D eigenvalue weighted by Gasteiger charge is 2.11. The van der Waals surface area contributed by atoms with Crippen LogP contribution in [0.3, 0.4) is 0 Å². The maximum Gasteiger partial charge on any atom is 0.250 e. The van der Waals surface area contributed by atoms with Crippen molar-refractivity contribution in [1.82, 2.24) is 15.0 Å². The zero-order valence-corrected chi connectivity index (χ0v) is 10.7. The number of primary amides is 1. The second-order valence-electron chi connectivity index (χ2n) is 4.23. The Bertz CT molecular complexity index is 598. The molecular formula is C12H15FN6O. The number of nitrogen functional groups attached to an aromatic ring is 1. The van der Waals surface area contributed by atoms with Gasteiger partial charge in [0.05, 0.1) is 17.4 Å². The van der Waals surface area contributed by atoms with Crippen molar-refractivity contribution >= 4 is 17.3 Å². The Kier molecular flexibility index (Phi) is 4.14. The summed E-state index contributed by atoms with van der Waals surface area (Å²) in [6.07, 6.45) is 4.06. The summed E-state index contributed by atoms with van der Waals surface area (Å²) < 4.78 is 15.3. The van der Waals surface area contributed by atoms with Gasteiger partial charge in [-0.25, -0.2) is 4.39 Å². The molecule has 0 fully saturated rings. The van der Waals surface area contributed by atoms with Crippen LogP contribution in [-0.2, 0) is 6.54 Å². The van der Waals surface area contributed by atoms with Gasteiger partial charge in [0.2, 0.25) is 0 Å². The third-order valence-corrected chi connectivity index (χ3v) is 2.76.